The average Bonchev–Trinajstić information content (AvgIpc) is 2.98. The molecule has 0 radical (unpaired) electrons. The summed E-state index contributed by atoms with van der Waals surface area (Å²) in [5, 5.41) is 0. The Labute approximate surface area is 156 Å². The second-order valence-corrected chi connectivity index (χ2v) is 7.87. The molecule has 0 aromatic heterocycles. The number of likely N-dealkylation sites (tertiary alicyclic amines) is 1. The topological polar surface area (TPSA) is 46.3 Å². The summed E-state index contributed by atoms with van der Waals surface area (Å²) in [4.78, 5) is 15.0. The molecule has 140 valence electrons. The summed E-state index contributed by atoms with van der Waals surface area (Å²) in [7, 11) is 0. The molecule has 0 bridgehead atoms. The Hall–Kier alpha value is -1.13. The van der Waals surface area contributed by atoms with Gasteiger partial charge in [-0.3, -0.25) is 4.79 Å². The van der Waals surface area contributed by atoms with Crippen molar-refractivity contribution >= 4 is 18.3 Å². The standard InChI is InChI=1S/C20H29FN2O.ClH/c1-15-11-18(16-7-3-4-8-17(16)21)23(13-15)19(24)12-20(14-22)9-5-2-6-10-20;/h3-4,7-8,15,18H,2,5-6,9-14,22H2,1H3;1H. The van der Waals surface area contributed by atoms with Gasteiger partial charge in [0.2, 0.25) is 5.91 Å². The first-order valence-corrected chi connectivity index (χ1v) is 9.29. The molecular weight excluding hydrogens is 339 g/mol. The van der Waals surface area contributed by atoms with Crippen LogP contribution in [0.1, 0.15) is 63.5 Å². The van der Waals surface area contributed by atoms with E-state index in [1.54, 1.807) is 6.07 Å². The van der Waals surface area contributed by atoms with Gasteiger partial charge in [0.25, 0.3) is 0 Å². The number of amides is 1. The Morgan fingerprint density at radius 3 is 2.60 bits per heavy atom. The lowest BCUT2D eigenvalue weighted by molar-refractivity contribution is -0.135. The smallest absolute Gasteiger partial charge is 0.223 e. The summed E-state index contributed by atoms with van der Waals surface area (Å²) in [5.41, 5.74) is 6.66. The Morgan fingerprint density at radius 1 is 1.28 bits per heavy atom. The minimum absolute atomic E-state index is 0. The van der Waals surface area contributed by atoms with E-state index in [9.17, 15) is 9.18 Å². The lowest BCUT2D eigenvalue weighted by atomic mass is 9.71. The number of rotatable bonds is 4. The fourth-order valence-electron chi connectivity index (χ4n) is 4.54. The summed E-state index contributed by atoms with van der Waals surface area (Å²) < 4.78 is 14.2. The van der Waals surface area contributed by atoms with Crippen LogP contribution in [0.25, 0.3) is 0 Å². The molecule has 3 rings (SSSR count). The lowest BCUT2D eigenvalue weighted by Crippen LogP contribution is -2.40. The molecule has 1 saturated carbocycles. The van der Waals surface area contributed by atoms with E-state index in [2.05, 4.69) is 6.92 Å². The summed E-state index contributed by atoms with van der Waals surface area (Å²) in [6.07, 6.45) is 7.01. The van der Waals surface area contributed by atoms with Crippen LogP contribution in [0.15, 0.2) is 24.3 Å². The van der Waals surface area contributed by atoms with Gasteiger partial charge in [0.15, 0.2) is 0 Å². The Kier molecular flexibility index (Phi) is 6.86. The van der Waals surface area contributed by atoms with Crippen LogP contribution < -0.4 is 5.73 Å². The van der Waals surface area contributed by atoms with Crippen LogP contribution >= 0.6 is 12.4 Å². The molecular formula is C20H30ClFN2O. The molecule has 3 nitrogen and oxygen atoms in total. The van der Waals surface area contributed by atoms with Crippen molar-refractivity contribution in [1.29, 1.82) is 0 Å². The molecule has 0 spiro atoms. The molecule has 2 N–H and O–H groups in total. The predicted molar refractivity (Wildman–Crippen MR) is 101 cm³/mol. The molecule has 1 aliphatic carbocycles. The van der Waals surface area contributed by atoms with Crippen LogP contribution in [0, 0.1) is 17.2 Å². The van der Waals surface area contributed by atoms with Gasteiger partial charge in [-0.15, -0.1) is 12.4 Å². The van der Waals surface area contributed by atoms with Crippen molar-refractivity contribution in [1.82, 2.24) is 4.90 Å². The number of hydrogen-bond acceptors (Lipinski definition) is 2. The fraction of sp³-hybridized carbons (Fsp3) is 0.650. The number of nitrogens with two attached hydrogens (primary N) is 1. The van der Waals surface area contributed by atoms with Crippen LogP contribution in [-0.4, -0.2) is 23.9 Å². The Bertz CT molecular complexity index is 589. The molecule has 2 unspecified atom stereocenters. The lowest BCUT2D eigenvalue weighted by Gasteiger charge is -2.37. The van der Waals surface area contributed by atoms with Crippen molar-refractivity contribution in [2.24, 2.45) is 17.1 Å². The predicted octanol–water partition coefficient (Wildman–Crippen LogP) is 4.46. The molecule has 2 aliphatic rings. The quantitative estimate of drug-likeness (QED) is 0.853. The van der Waals surface area contributed by atoms with Crippen molar-refractivity contribution in [3.05, 3.63) is 35.6 Å². The highest BCUT2D eigenvalue weighted by atomic mass is 35.5. The van der Waals surface area contributed by atoms with E-state index in [1.165, 1.54) is 12.5 Å². The minimum atomic E-state index is -0.208. The number of nitrogens with zero attached hydrogens (tertiary/aromatic N) is 1. The zero-order chi connectivity index (χ0) is 17.2. The van der Waals surface area contributed by atoms with E-state index in [4.69, 9.17) is 5.73 Å². The summed E-state index contributed by atoms with van der Waals surface area (Å²) in [5.74, 6) is 0.347. The van der Waals surface area contributed by atoms with Crippen LogP contribution in [0.4, 0.5) is 4.39 Å². The average molecular weight is 369 g/mol. The summed E-state index contributed by atoms with van der Waals surface area (Å²) >= 11 is 0. The van der Waals surface area contributed by atoms with Crippen molar-refractivity contribution in [2.75, 3.05) is 13.1 Å². The molecule has 1 heterocycles. The van der Waals surface area contributed by atoms with Crippen molar-refractivity contribution < 1.29 is 9.18 Å². The molecule has 1 amide bonds. The SMILES string of the molecule is CC1CC(c2ccccc2F)N(C(=O)CC2(CN)CCCCC2)C1.Cl. The van der Waals surface area contributed by atoms with E-state index in [0.717, 1.165) is 38.6 Å². The number of halogens is 2. The maximum absolute atomic E-state index is 14.2. The number of hydrogen-bond donors (Lipinski definition) is 1. The van der Waals surface area contributed by atoms with Gasteiger partial charge in [-0.05, 0) is 43.2 Å². The Balaban J connectivity index is 0.00000225. The second-order valence-electron chi connectivity index (χ2n) is 7.87. The van der Waals surface area contributed by atoms with Gasteiger partial charge >= 0.3 is 0 Å². The fourth-order valence-corrected chi connectivity index (χ4v) is 4.54. The van der Waals surface area contributed by atoms with Gasteiger partial charge in [-0.1, -0.05) is 44.4 Å². The second kappa shape index (κ2) is 8.50. The number of carbonyl (C=O) groups excluding carboxylic acids is 1. The maximum atomic E-state index is 14.2. The minimum Gasteiger partial charge on any atom is -0.335 e. The zero-order valence-corrected chi connectivity index (χ0v) is 15.9. The highest BCUT2D eigenvalue weighted by molar-refractivity contribution is 5.85. The first-order valence-electron chi connectivity index (χ1n) is 9.29. The number of benzene rings is 1. The third kappa shape index (κ3) is 4.35. The molecule has 2 fully saturated rings. The van der Waals surface area contributed by atoms with Gasteiger partial charge in [-0.25, -0.2) is 4.39 Å². The van der Waals surface area contributed by atoms with Gasteiger partial charge < -0.3 is 10.6 Å². The van der Waals surface area contributed by atoms with Gasteiger partial charge in [0.05, 0.1) is 6.04 Å². The highest BCUT2D eigenvalue weighted by Gasteiger charge is 2.39. The third-order valence-electron chi connectivity index (χ3n) is 5.97. The van der Waals surface area contributed by atoms with Crippen molar-refractivity contribution in [3.8, 4) is 0 Å². The normalized spacial score (nSPS) is 25.5. The van der Waals surface area contributed by atoms with Gasteiger partial charge in [0.1, 0.15) is 5.82 Å². The Morgan fingerprint density at radius 2 is 1.96 bits per heavy atom. The summed E-state index contributed by atoms with van der Waals surface area (Å²) in [6, 6.07) is 6.73. The molecule has 1 saturated heterocycles. The van der Waals surface area contributed by atoms with Gasteiger partial charge in [0, 0.05) is 18.5 Å². The van der Waals surface area contributed by atoms with E-state index >= 15 is 0 Å². The van der Waals surface area contributed by atoms with Crippen LogP contribution in [0.2, 0.25) is 0 Å². The van der Waals surface area contributed by atoms with Crippen LogP contribution in [0.3, 0.4) is 0 Å². The maximum Gasteiger partial charge on any atom is 0.223 e. The molecule has 2 atom stereocenters. The van der Waals surface area contributed by atoms with E-state index < -0.39 is 0 Å². The van der Waals surface area contributed by atoms with Crippen LogP contribution in [-0.2, 0) is 4.79 Å². The molecule has 1 aliphatic heterocycles. The van der Waals surface area contributed by atoms with Crippen LogP contribution in [0.5, 0.6) is 0 Å². The highest BCUT2D eigenvalue weighted by Crippen LogP contribution is 2.42. The van der Waals surface area contributed by atoms with E-state index in [-0.39, 0.29) is 35.6 Å². The van der Waals surface area contributed by atoms with Crippen molar-refractivity contribution in [2.45, 2.75) is 57.9 Å². The zero-order valence-electron chi connectivity index (χ0n) is 15.0. The molecule has 25 heavy (non-hydrogen) atoms. The largest absolute Gasteiger partial charge is 0.335 e. The van der Waals surface area contributed by atoms with E-state index in [1.807, 2.05) is 17.0 Å². The number of carbonyl (C=O) groups is 1. The van der Waals surface area contributed by atoms with Crippen molar-refractivity contribution in [3.63, 3.8) is 0 Å². The summed E-state index contributed by atoms with van der Waals surface area (Å²) in [6.45, 7) is 3.44. The first kappa shape index (κ1) is 20.2. The molecule has 1 aromatic rings. The monoisotopic (exact) mass is 368 g/mol. The first-order chi connectivity index (χ1) is 11.5. The molecule has 1 aromatic carbocycles. The van der Waals surface area contributed by atoms with Gasteiger partial charge in [-0.2, -0.15) is 0 Å². The third-order valence-corrected chi connectivity index (χ3v) is 5.97. The van der Waals surface area contributed by atoms with E-state index in [0.29, 0.717) is 24.4 Å². The molecule has 5 heteroatoms.